The van der Waals surface area contributed by atoms with Gasteiger partial charge in [-0.05, 0) is 42.8 Å². The van der Waals surface area contributed by atoms with Gasteiger partial charge in [0, 0.05) is 35.4 Å². The predicted octanol–water partition coefficient (Wildman–Crippen LogP) is 3.72. The molecule has 1 aliphatic heterocycles. The number of hydrogen-bond donors (Lipinski definition) is 1. The maximum absolute atomic E-state index is 13.8. The molecule has 1 aliphatic rings. The van der Waals surface area contributed by atoms with Crippen LogP contribution in [-0.2, 0) is 0 Å². The maximum Gasteiger partial charge on any atom is 0.322 e. The Labute approximate surface area is 152 Å². The summed E-state index contributed by atoms with van der Waals surface area (Å²) in [5.74, 6) is 0.604. The lowest BCUT2D eigenvalue weighted by Crippen LogP contribution is -2.27. The van der Waals surface area contributed by atoms with Crippen LogP contribution in [0.25, 0.3) is 11.4 Å². The minimum Gasteiger partial charge on any atom is -0.352 e. The van der Waals surface area contributed by atoms with Crippen LogP contribution in [-0.4, -0.2) is 34.3 Å². The number of benzene rings is 1. The molecular formula is C17H15BrFN5O. The number of nitrogens with one attached hydrogen (secondary N) is 1. The molecule has 25 heavy (non-hydrogen) atoms. The average molecular weight is 404 g/mol. The van der Waals surface area contributed by atoms with Gasteiger partial charge in [0.25, 0.3) is 0 Å². The van der Waals surface area contributed by atoms with Gasteiger partial charge in [0.15, 0.2) is 11.6 Å². The lowest BCUT2D eigenvalue weighted by atomic mass is 10.2. The van der Waals surface area contributed by atoms with Crippen molar-refractivity contribution in [2.24, 2.45) is 0 Å². The Balaban J connectivity index is 1.42. The van der Waals surface area contributed by atoms with Gasteiger partial charge in [-0.15, -0.1) is 0 Å². The molecule has 1 saturated heterocycles. The molecule has 4 rings (SSSR count). The van der Waals surface area contributed by atoms with E-state index >= 15 is 0 Å². The molecule has 0 spiro atoms. The zero-order valence-electron chi connectivity index (χ0n) is 13.2. The van der Waals surface area contributed by atoms with E-state index in [-0.39, 0.29) is 11.9 Å². The fraction of sp³-hybridized carbons (Fsp3) is 0.235. The van der Waals surface area contributed by atoms with Crippen molar-refractivity contribution in [1.82, 2.24) is 15.1 Å². The van der Waals surface area contributed by atoms with Gasteiger partial charge >= 0.3 is 6.01 Å². The van der Waals surface area contributed by atoms with Crippen LogP contribution in [0.2, 0.25) is 0 Å². The first-order valence-corrected chi connectivity index (χ1v) is 8.70. The van der Waals surface area contributed by atoms with Crippen molar-refractivity contribution in [1.29, 1.82) is 0 Å². The van der Waals surface area contributed by atoms with Crippen molar-refractivity contribution >= 4 is 27.8 Å². The normalized spacial score (nSPS) is 17.0. The third kappa shape index (κ3) is 3.48. The highest BCUT2D eigenvalue weighted by Gasteiger charge is 2.26. The van der Waals surface area contributed by atoms with Crippen molar-refractivity contribution < 1.29 is 8.91 Å². The van der Waals surface area contributed by atoms with Gasteiger partial charge in [0.1, 0.15) is 0 Å². The molecule has 3 aromatic rings. The molecule has 3 heterocycles. The van der Waals surface area contributed by atoms with Crippen molar-refractivity contribution in [2.75, 3.05) is 23.3 Å². The quantitative estimate of drug-likeness (QED) is 0.715. The largest absolute Gasteiger partial charge is 0.352 e. The molecule has 6 nitrogen and oxygen atoms in total. The van der Waals surface area contributed by atoms with E-state index in [1.165, 1.54) is 6.07 Å². The maximum atomic E-state index is 13.8. The summed E-state index contributed by atoms with van der Waals surface area (Å²) in [6.07, 6.45) is 2.44. The third-order valence-corrected chi connectivity index (χ3v) is 4.61. The first-order valence-electron chi connectivity index (χ1n) is 7.91. The highest BCUT2D eigenvalue weighted by atomic mass is 79.9. The summed E-state index contributed by atoms with van der Waals surface area (Å²) >= 11 is 3.40. The Kier molecular flexibility index (Phi) is 4.35. The van der Waals surface area contributed by atoms with Crippen LogP contribution in [0.4, 0.5) is 16.2 Å². The summed E-state index contributed by atoms with van der Waals surface area (Å²) < 4.78 is 20.1. The van der Waals surface area contributed by atoms with E-state index in [0.29, 0.717) is 24.2 Å². The predicted molar refractivity (Wildman–Crippen MR) is 95.9 cm³/mol. The molecule has 0 saturated carbocycles. The second kappa shape index (κ2) is 6.79. The topological polar surface area (TPSA) is 67.1 Å². The Morgan fingerprint density at radius 3 is 2.88 bits per heavy atom. The lowest BCUT2D eigenvalue weighted by Gasteiger charge is -2.17. The van der Waals surface area contributed by atoms with E-state index in [1.54, 1.807) is 12.3 Å². The molecule has 8 heteroatoms. The number of nitrogens with zero attached hydrogens (tertiary/aromatic N) is 4. The van der Waals surface area contributed by atoms with Gasteiger partial charge in [-0.2, -0.15) is 4.98 Å². The summed E-state index contributed by atoms with van der Waals surface area (Å²) in [5, 5.41) is 7.22. The molecule has 1 atom stereocenters. The monoisotopic (exact) mass is 403 g/mol. The molecule has 0 aliphatic carbocycles. The summed E-state index contributed by atoms with van der Waals surface area (Å²) in [6.45, 7) is 1.35. The third-order valence-electron chi connectivity index (χ3n) is 4.08. The first kappa shape index (κ1) is 16.0. The molecular weight excluding hydrogens is 389 g/mol. The fourth-order valence-electron chi connectivity index (χ4n) is 2.85. The van der Waals surface area contributed by atoms with E-state index in [0.717, 1.165) is 23.0 Å². The summed E-state index contributed by atoms with van der Waals surface area (Å²) in [7, 11) is 0. The van der Waals surface area contributed by atoms with Crippen molar-refractivity contribution in [3.63, 3.8) is 0 Å². The Bertz CT molecular complexity index is 869. The smallest absolute Gasteiger partial charge is 0.322 e. The van der Waals surface area contributed by atoms with Crippen LogP contribution in [0, 0.1) is 5.82 Å². The van der Waals surface area contributed by atoms with E-state index in [2.05, 4.69) is 36.4 Å². The number of rotatable bonds is 4. The molecule has 0 amide bonds. The zero-order chi connectivity index (χ0) is 17.2. The number of hydrogen-bond acceptors (Lipinski definition) is 6. The number of halogens is 2. The second-order valence-corrected chi connectivity index (χ2v) is 6.73. The molecule has 2 aromatic heterocycles. The Morgan fingerprint density at radius 1 is 1.24 bits per heavy atom. The van der Waals surface area contributed by atoms with Gasteiger partial charge in [0.2, 0.25) is 5.82 Å². The van der Waals surface area contributed by atoms with Gasteiger partial charge in [-0.3, -0.25) is 0 Å². The van der Waals surface area contributed by atoms with Crippen LogP contribution in [0.15, 0.2) is 51.6 Å². The van der Waals surface area contributed by atoms with Gasteiger partial charge in [-0.1, -0.05) is 21.1 Å². The van der Waals surface area contributed by atoms with Crippen molar-refractivity contribution in [2.45, 2.75) is 12.5 Å². The molecule has 0 radical (unpaired) electrons. The molecule has 128 valence electrons. The minimum absolute atomic E-state index is 0.0969. The Hall–Kier alpha value is -2.48. The highest BCUT2D eigenvalue weighted by Crippen LogP contribution is 2.24. The summed E-state index contributed by atoms with van der Waals surface area (Å²) in [5.41, 5.74) is 0.878. The first-order chi connectivity index (χ1) is 12.2. The molecule has 1 aromatic carbocycles. The highest BCUT2D eigenvalue weighted by molar-refractivity contribution is 9.10. The van der Waals surface area contributed by atoms with Crippen LogP contribution in [0.5, 0.6) is 0 Å². The van der Waals surface area contributed by atoms with Gasteiger partial charge in [-0.25, -0.2) is 9.37 Å². The SMILES string of the molecule is Fc1cccnc1N1CCC(Nc2nc(-c3ccc(Br)cc3)no2)C1. The Morgan fingerprint density at radius 2 is 2.08 bits per heavy atom. The van der Waals surface area contributed by atoms with Crippen LogP contribution < -0.4 is 10.2 Å². The summed E-state index contributed by atoms with van der Waals surface area (Å²) in [6, 6.07) is 11.2. The standard InChI is InChI=1S/C17H15BrFN5O/c18-12-5-3-11(4-6-12)15-22-17(25-23-15)21-13-7-9-24(10-13)16-14(19)2-1-8-20-16/h1-6,8,13H,7,9-10H2,(H,21,22,23). The van der Waals surface area contributed by atoms with E-state index in [1.807, 2.05) is 29.2 Å². The van der Waals surface area contributed by atoms with E-state index < -0.39 is 0 Å². The number of pyridine rings is 1. The number of anilines is 2. The molecule has 1 fully saturated rings. The average Bonchev–Trinajstić information content (AvgIpc) is 3.26. The van der Waals surface area contributed by atoms with Crippen LogP contribution in [0.1, 0.15) is 6.42 Å². The minimum atomic E-state index is -0.307. The van der Waals surface area contributed by atoms with Gasteiger partial charge < -0.3 is 14.7 Å². The van der Waals surface area contributed by atoms with Crippen molar-refractivity contribution in [3.8, 4) is 11.4 Å². The van der Waals surface area contributed by atoms with Crippen LogP contribution in [0.3, 0.4) is 0 Å². The molecule has 0 bridgehead atoms. The van der Waals surface area contributed by atoms with Crippen molar-refractivity contribution in [3.05, 3.63) is 52.9 Å². The van der Waals surface area contributed by atoms with Gasteiger partial charge in [0.05, 0.1) is 0 Å². The molecule has 1 unspecified atom stereocenters. The summed E-state index contributed by atoms with van der Waals surface area (Å²) in [4.78, 5) is 10.4. The second-order valence-electron chi connectivity index (χ2n) is 5.81. The zero-order valence-corrected chi connectivity index (χ0v) is 14.8. The number of aromatic nitrogens is 3. The van der Waals surface area contributed by atoms with E-state index in [9.17, 15) is 4.39 Å². The lowest BCUT2D eigenvalue weighted by molar-refractivity contribution is 0.428. The molecule has 1 N–H and O–H groups in total. The van der Waals surface area contributed by atoms with Crippen LogP contribution >= 0.6 is 15.9 Å². The van der Waals surface area contributed by atoms with E-state index in [4.69, 9.17) is 4.52 Å². The fourth-order valence-corrected chi connectivity index (χ4v) is 3.12.